The fourth-order valence-corrected chi connectivity index (χ4v) is 4.10. The third-order valence-corrected chi connectivity index (χ3v) is 5.63. The molecule has 1 heterocycles. The highest BCUT2D eigenvalue weighted by molar-refractivity contribution is 5.95. The van der Waals surface area contributed by atoms with Crippen molar-refractivity contribution in [2.75, 3.05) is 33.3 Å². The minimum Gasteiger partial charge on any atom is -0.497 e. The standard InChI is InChI=1S/C22H24N2O3/c1-27-18-7-4-6-17(15-18)21(25)23-11-13-24(14-12-23)22(26)20-10-9-16-5-2-3-8-19(16)20/h2-8,15,20H,9-14H2,1H3/t20-/m1/s1. The van der Waals surface area contributed by atoms with Gasteiger partial charge in [-0.15, -0.1) is 0 Å². The maximum atomic E-state index is 13.0. The Kier molecular flexibility index (Phi) is 4.84. The molecule has 1 fully saturated rings. The molecule has 0 saturated carbocycles. The van der Waals surface area contributed by atoms with E-state index in [1.165, 1.54) is 11.1 Å². The summed E-state index contributed by atoms with van der Waals surface area (Å²) in [5, 5.41) is 0. The van der Waals surface area contributed by atoms with Crippen LogP contribution in [0.2, 0.25) is 0 Å². The van der Waals surface area contributed by atoms with E-state index in [0.717, 1.165) is 12.8 Å². The zero-order valence-corrected chi connectivity index (χ0v) is 15.6. The van der Waals surface area contributed by atoms with E-state index < -0.39 is 0 Å². The Morgan fingerprint density at radius 1 is 0.963 bits per heavy atom. The monoisotopic (exact) mass is 364 g/mol. The molecular formula is C22H24N2O3. The van der Waals surface area contributed by atoms with Crippen molar-refractivity contribution in [2.45, 2.75) is 18.8 Å². The fourth-order valence-electron chi connectivity index (χ4n) is 4.10. The molecule has 0 bridgehead atoms. The van der Waals surface area contributed by atoms with Crippen LogP contribution in [0.25, 0.3) is 0 Å². The van der Waals surface area contributed by atoms with Crippen LogP contribution in [0.1, 0.15) is 33.8 Å². The molecule has 1 aliphatic carbocycles. The van der Waals surface area contributed by atoms with Crippen molar-refractivity contribution in [3.8, 4) is 5.75 Å². The van der Waals surface area contributed by atoms with E-state index in [1.807, 2.05) is 34.1 Å². The van der Waals surface area contributed by atoms with Gasteiger partial charge in [-0.1, -0.05) is 30.3 Å². The zero-order chi connectivity index (χ0) is 18.8. The molecule has 0 spiro atoms. The second-order valence-corrected chi connectivity index (χ2v) is 7.14. The van der Waals surface area contributed by atoms with E-state index in [0.29, 0.717) is 37.5 Å². The Bertz CT molecular complexity index is 856. The summed E-state index contributed by atoms with van der Waals surface area (Å²) in [6.45, 7) is 2.31. The molecule has 4 rings (SSSR count). The van der Waals surface area contributed by atoms with Crippen LogP contribution in [0.4, 0.5) is 0 Å². The number of aryl methyl sites for hydroxylation is 1. The Balaban J connectivity index is 1.39. The van der Waals surface area contributed by atoms with Crippen molar-refractivity contribution in [1.82, 2.24) is 9.80 Å². The number of piperazine rings is 1. The Morgan fingerprint density at radius 3 is 2.48 bits per heavy atom. The quantitative estimate of drug-likeness (QED) is 0.841. The van der Waals surface area contributed by atoms with Gasteiger partial charge in [-0.2, -0.15) is 0 Å². The minimum atomic E-state index is -0.0261. The van der Waals surface area contributed by atoms with Gasteiger partial charge in [0, 0.05) is 31.7 Å². The predicted octanol–water partition coefficient (Wildman–Crippen LogP) is 2.71. The molecule has 2 aromatic rings. The Hall–Kier alpha value is -2.82. The second kappa shape index (κ2) is 7.43. The number of amides is 2. The van der Waals surface area contributed by atoms with Gasteiger partial charge in [-0.05, 0) is 42.2 Å². The predicted molar refractivity (Wildman–Crippen MR) is 103 cm³/mol. The van der Waals surface area contributed by atoms with Gasteiger partial charge >= 0.3 is 0 Å². The van der Waals surface area contributed by atoms with Crippen LogP contribution >= 0.6 is 0 Å². The number of carbonyl (C=O) groups is 2. The van der Waals surface area contributed by atoms with Crippen LogP contribution < -0.4 is 4.74 Å². The van der Waals surface area contributed by atoms with Crippen molar-refractivity contribution in [1.29, 1.82) is 0 Å². The van der Waals surface area contributed by atoms with E-state index in [-0.39, 0.29) is 17.7 Å². The molecule has 1 atom stereocenters. The van der Waals surface area contributed by atoms with Gasteiger partial charge in [0.15, 0.2) is 0 Å². The van der Waals surface area contributed by atoms with Crippen molar-refractivity contribution in [3.05, 3.63) is 65.2 Å². The lowest BCUT2D eigenvalue weighted by molar-refractivity contribution is -0.134. The molecule has 5 heteroatoms. The smallest absolute Gasteiger partial charge is 0.254 e. The van der Waals surface area contributed by atoms with E-state index in [1.54, 1.807) is 19.2 Å². The zero-order valence-electron chi connectivity index (χ0n) is 15.6. The highest BCUT2D eigenvalue weighted by Crippen LogP contribution is 2.34. The third-order valence-electron chi connectivity index (χ3n) is 5.63. The van der Waals surface area contributed by atoms with Crippen LogP contribution in [-0.4, -0.2) is 54.9 Å². The second-order valence-electron chi connectivity index (χ2n) is 7.14. The van der Waals surface area contributed by atoms with Gasteiger partial charge < -0.3 is 14.5 Å². The van der Waals surface area contributed by atoms with Crippen LogP contribution in [-0.2, 0) is 11.2 Å². The molecule has 0 aromatic heterocycles. The lowest BCUT2D eigenvalue weighted by Crippen LogP contribution is -2.51. The number of carbonyl (C=O) groups excluding carboxylic acids is 2. The van der Waals surface area contributed by atoms with E-state index >= 15 is 0 Å². The van der Waals surface area contributed by atoms with Gasteiger partial charge in [0.05, 0.1) is 13.0 Å². The number of hydrogen-bond acceptors (Lipinski definition) is 3. The minimum absolute atomic E-state index is 0.00721. The maximum absolute atomic E-state index is 13.0. The molecule has 0 unspecified atom stereocenters. The summed E-state index contributed by atoms with van der Waals surface area (Å²) in [6, 6.07) is 15.5. The fraction of sp³-hybridized carbons (Fsp3) is 0.364. The average molecular weight is 364 g/mol. The first-order chi connectivity index (χ1) is 13.2. The molecule has 0 radical (unpaired) electrons. The van der Waals surface area contributed by atoms with Crippen molar-refractivity contribution < 1.29 is 14.3 Å². The summed E-state index contributed by atoms with van der Waals surface area (Å²) in [5.74, 6) is 0.844. The van der Waals surface area contributed by atoms with E-state index in [4.69, 9.17) is 4.74 Å². The summed E-state index contributed by atoms with van der Waals surface area (Å²) in [4.78, 5) is 29.5. The maximum Gasteiger partial charge on any atom is 0.254 e. The largest absolute Gasteiger partial charge is 0.497 e. The Labute approximate surface area is 159 Å². The molecule has 27 heavy (non-hydrogen) atoms. The number of fused-ring (bicyclic) bond motifs is 1. The lowest BCUT2D eigenvalue weighted by Gasteiger charge is -2.36. The molecule has 5 nitrogen and oxygen atoms in total. The number of benzene rings is 2. The molecule has 1 aliphatic heterocycles. The summed E-state index contributed by atoms with van der Waals surface area (Å²) in [7, 11) is 1.59. The normalized spacial score (nSPS) is 18.9. The van der Waals surface area contributed by atoms with Crippen LogP contribution in [0.15, 0.2) is 48.5 Å². The van der Waals surface area contributed by atoms with Crippen molar-refractivity contribution >= 4 is 11.8 Å². The molecule has 140 valence electrons. The lowest BCUT2D eigenvalue weighted by atomic mass is 9.99. The van der Waals surface area contributed by atoms with E-state index in [9.17, 15) is 9.59 Å². The summed E-state index contributed by atoms with van der Waals surface area (Å²) in [6.07, 6.45) is 1.86. The molecule has 2 aliphatic rings. The topological polar surface area (TPSA) is 49.9 Å². The van der Waals surface area contributed by atoms with Gasteiger partial charge in [-0.3, -0.25) is 9.59 Å². The van der Waals surface area contributed by atoms with Gasteiger partial charge in [0.1, 0.15) is 5.75 Å². The average Bonchev–Trinajstić information content (AvgIpc) is 3.17. The van der Waals surface area contributed by atoms with Gasteiger partial charge in [0.25, 0.3) is 5.91 Å². The first kappa shape index (κ1) is 17.6. The number of methoxy groups -OCH3 is 1. The Morgan fingerprint density at radius 2 is 1.70 bits per heavy atom. The number of ether oxygens (including phenoxy) is 1. The number of rotatable bonds is 3. The molecule has 0 N–H and O–H groups in total. The number of nitrogens with zero attached hydrogens (tertiary/aromatic N) is 2. The molecule has 2 aromatic carbocycles. The highest BCUT2D eigenvalue weighted by Gasteiger charge is 2.33. The SMILES string of the molecule is COc1cccc(C(=O)N2CCN(C(=O)[C@@H]3CCc4ccccc43)CC2)c1. The van der Waals surface area contributed by atoms with Crippen LogP contribution in [0.5, 0.6) is 5.75 Å². The van der Waals surface area contributed by atoms with Crippen molar-refractivity contribution in [2.24, 2.45) is 0 Å². The van der Waals surface area contributed by atoms with E-state index in [2.05, 4.69) is 12.1 Å². The van der Waals surface area contributed by atoms with Crippen molar-refractivity contribution in [3.63, 3.8) is 0 Å². The first-order valence-corrected chi connectivity index (χ1v) is 9.47. The number of hydrogen-bond donors (Lipinski definition) is 0. The summed E-state index contributed by atoms with van der Waals surface area (Å²) < 4.78 is 5.20. The molecule has 2 amide bonds. The highest BCUT2D eigenvalue weighted by atomic mass is 16.5. The third kappa shape index (κ3) is 3.42. The van der Waals surface area contributed by atoms with Gasteiger partial charge in [0.2, 0.25) is 5.91 Å². The molecule has 1 saturated heterocycles. The van der Waals surface area contributed by atoms with Crippen LogP contribution in [0, 0.1) is 0 Å². The summed E-state index contributed by atoms with van der Waals surface area (Å²) in [5.41, 5.74) is 3.10. The first-order valence-electron chi connectivity index (χ1n) is 9.47. The summed E-state index contributed by atoms with van der Waals surface area (Å²) >= 11 is 0. The molecular weight excluding hydrogens is 340 g/mol. The van der Waals surface area contributed by atoms with Crippen LogP contribution in [0.3, 0.4) is 0 Å². The van der Waals surface area contributed by atoms with Gasteiger partial charge in [-0.25, -0.2) is 0 Å².